The van der Waals surface area contributed by atoms with Gasteiger partial charge in [0.25, 0.3) is 5.71 Å². The second-order valence-electron chi connectivity index (χ2n) is 4.79. The molecule has 1 aliphatic rings. The summed E-state index contributed by atoms with van der Waals surface area (Å²) in [5.74, 6) is 0. The third-order valence-electron chi connectivity index (χ3n) is 3.15. The summed E-state index contributed by atoms with van der Waals surface area (Å²) in [5, 5.41) is 0. The molecule has 2 rings (SSSR count). The van der Waals surface area contributed by atoms with Gasteiger partial charge in [0, 0.05) is 17.7 Å². The summed E-state index contributed by atoms with van der Waals surface area (Å²) in [6, 6.07) is 9.45. The second-order valence-corrected chi connectivity index (χ2v) is 6.57. The first-order valence-corrected chi connectivity index (χ1v) is 8.37. The van der Waals surface area contributed by atoms with Crippen LogP contribution in [0.5, 0.6) is 0 Å². The molecule has 0 aromatic heterocycles. The molecular weight excluding hydrogens is 289 g/mol. The summed E-state index contributed by atoms with van der Waals surface area (Å²) in [7, 11) is -4.07. The molecule has 7 heteroatoms. The zero-order valence-electron chi connectivity index (χ0n) is 11.4. The number of nitrogens with zero attached hydrogens (tertiary/aromatic N) is 3. The molecule has 1 aromatic rings. The van der Waals surface area contributed by atoms with Crippen LogP contribution < -0.4 is 0 Å². The van der Waals surface area contributed by atoms with Gasteiger partial charge in [-0.2, -0.15) is 4.79 Å². The molecule has 6 nitrogen and oxygen atoms in total. The highest BCUT2D eigenvalue weighted by atomic mass is 31.2. The number of rotatable bonds is 4. The van der Waals surface area contributed by atoms with Crippen LogP contribution in [0.4, 0.5) is 5.69 Å². The lowest BCUT2D eigenvalue weighted by Gasteiger charge is -2.11. The topological polar surface area (TPSA) is 106 Å². The fourth-order valence-electron chi connectivity index (χ4n) is 2.12. The maximum atomic E-state index is 11.0. The Hall–Kier alpha value is -1.84. The van der Waals surface area contributed by atoms with Crippen molar-refractivity contribution in [1.29, 1.82) is 0 Å². The van der Waals surface area contributed by atoms with E-state index in [0.29, 0.717) is 24.1 Å². The molecule has 0 unspecified atom stereocenters. The quantitative estimate of drug-likeness (QED) is 0.507. The third-order valence-corrected chi connectivity index (χ3v) is 3.96. The summed E-state index contributed by atoms with van der Waals surface area (Å²) in [5.41, 5.74) is 11.7. The van der Waals surface area contributed by atoms with Crippen LogP contribution in [0.2, 0.25) is 0 Å². The molecule has 0 radical (unpaired) electrons. The lowest BCUT2D eigenvalue weighted by atomic mass is 9.94. The Labute approximate surface area is 122 Å². The molecule has 1 aromatic carbocycles. The number of hydrogen-bond donors (Lipinski definition) is 2. The van der Waals surface area contributed by atoms with Crippen molar-refractivity contribution in [3.8, 4) is 0 Å². The molecule has 110 valence electrons. The monoisotopic (exact) mass is 305 g/mol. The first-order chi connectivity index (χ1) is 9.98. The maximum Gasteiger partial charge on any atom is 0.325 e. The SMILES string of the molecule is [N-]=[N+]=C1CCC(=Nc2ccccc2)C=C1CCP(=O)(O)O. The van der Waals surface area contributed by atoms with E-state index in [0.717, 1.165) is 11.4 Å². The molecule has 0 amide bonds. The molecule has 1 aliphatic carbocycles. The normalized spacial score (nSPS) is 17.5. The lowest BCUT2D eigenvalue weighted by Crippen LogP contribution is -2.15. The summed E-state index contributed by atoms with van der Waals surface area (Å²) < 4.78 is 11.0. The third kappa shape index (κ3) is 4.88. The number of allylic oxidation sites excluding steroid dienone is 2. The molecule has 0 atom stereocenters. The minimum Gasteiger partial charge on any atom is -0.361 e. The highest BCUT2D eigenvalue weighted by Crippen LogP contribution is 2.36. The molecule has 0 saturated heterocycles. The molecular formula is C14H16N3O3P. The van der Waals surface area contributed by atoms with Crippen molar-refractivity contribution in [2.24, 2.45) is 4.99 Å². The molecule has 0 aliphatic heterocycles. The first-order valence-electron chi connectivity index (χ1n) is 6.57. The molecule has 0 bridgehead atoms. The Morgan fingerprint density at radius 2 is 1.95 bits per heavy atom. The zero-order chi connectivity index (χ0) is 15.3. The summed E-state index contributed by atoms with van der Waals surface area (Å²) in [6.07, 6.45) is 2.79. The van der Waals surface area contributed by atoms with Crippen molar-refractivity contribution in [3.63, 3.8) is 0 Å². The van der Waals surface area contributed by atoms with Gasteiger partial charge in [0.05, 0.1) is 18.3 Å². The van der Waals surface area contributed by atoms with E-state index >= 15 is 0 Å². The predicted octanol–water partition coefficient (Wildman–Crippen LogP) is 2.72. The van der Waals surface area contributed by atoms with Crippen LogP contribution >= 0.6 is 7.60 Å². The van der Waals surface area contributed by atoms with E-state index in [-0.39, 0.29) is 12.6 Å². The van der Waals surface area contributed by atoms with E-state index < -0.39 is 7.60 Å². The van der Waals surface area contributed by atoms with Gasteiger partial charge in [0.2, 0.25) is 0 Å². The van der Waals surface area contributed by atoms with E-state index in [1.807, 2.05) is 30.3 Å². The smallest absolute Gasteiger partial charge is 0.325 e. The van der Waals surface area contributed by atoms with Crippen LogP contribution in [0.3, 0.4) is 0 Å². The van der Waals surface area contributed by atoms with E-state index in [1.165, 1.54) is 0 Å². The highest BCUT2D eigenvalue weighted by molar-refractivity contribution is 7.51. The zero-order valence-corrected chi connectivity index (χ0v) is 12.3. The Kier molecular flexibility index (Phi) is 4.99. The Balaban J connectivity index is 2.24. The van der Waals surface area contributed by atoms with E-state index in [2.05, 4.69) is 9.78 Å². The Bertz CT molecular complexity index is 670. The van der Waals surface area contributed by atoms with E-state index in [9.17, 15) is 4.57 Å². The number of benzene rings is 1. The summed E-state index contributed by atoms with van der Waals surface area (Å²) >= 11 is 0. The van der Waals surface area contributed by atoms with Crippen molar-refractivity contribution < 1.29 is 19.1 Å². The fraction of sp³-hybridized carbons (Fsp3) is 0.286. The van der Waals surface area contributed by atoms with Gasteiger partial charge in [-0.15, -0.1) is 0 Å². The van der Waals surface area contributed by atoms with Gasteiger partial charge in [-0.1, -0.05) is 18.2 Å². The van der Waals surface area contributed by atoms with Gasteiger partial charge in [-0.3, -0.25) is 9.56 Å². The van der Waals surface area contributed by atoms with Gasteiger partial charge in [-0.05, 0) is 24.6 Å². The van der Waals surface area contributed by atoms with Crippen molar-refractivity contribution in [3.05, 3.63) is 47.5 Å². The second kappa shape index (κ2) is 6.74. The van der Waals surface area contributed by atoms with Gasteiger partial charge in [-0.25, -0.2) is 0 Å². The minimum absolute atomic E-state index is 0.164. The van der Waals surface area contributed by atoms with E-state index in [1.54, 1.807) is 6.08 Å². The number of para-hydroxylation sites is 1. The van der Waals surface area contributed by atoms with Crippen molar-refractivity contribution in [2.75, 3.05) is 6.16 Å². The van der Waals surface area contributed by atoms with E-state index in [4.69, 9.17) is 15.3 Å². The fourth-order valence-corrected chi connectivity index (χ4v) is 2.65. The van der Waals surface area contributed by atoms with Crippen LogP contribution in [0.1, 0.15) is 19.3 Å². The predicted molar refractivity (Wildman–Crippen MR) is 81.0 cm³/mol. The van der Waals surface area contributed by atoms with Crippen LogP contribution in [0, 0.1) is 0 Å². The van der Waals surface area contributed by atoms with Crippen LogP contribution in [0.15, 0.2) is 47.0 Å². The molecule has 0 saturated carbocycles. The maximum absolute atomic E-state index is 11.0. The van der Waals surface area contributed by atoms with Crippen molar-refractivity contribution in [2.45, 2.75) is 19.3 Å². The van der Waals surface area contributed by atoms with Gasteiger partial charge >= 0.3 is 7.60 Å². The van der Waals surface area contributed by atoms with Crippen LogP contribution in [0.25, 0.3) is 5.53 Å². The lowest BCUT2D eigenvalue weighted by molar-refractivity contribution is -0.00750. The van der Waals surface area contributed by atoms with Crippen LogP contribution in [-0.4, -0.2) is 32.2 Å². The minimum atomic E-state index is -4.07. The van der Waals surface area contributed by atoms with Gasteiger partial charge < -0.3 is 15.3 Å². The van der Waals surface area contributed by atoms with Gasteiger partial charge in [0.15, 0.2) is 0 Å². The molecule has 0 fully saturated rings. The standard InChI is InChI=1S/C14H16N3O3P/c15-17-14-7-6-13(16-12-4-2-1-3-5-12)10-11(14)8-9-21(18,19)20/h1-5,10H,6-9H2,(H2,18,19,20). The average molecular weight is 305 g/mol. The number of hydrogen-bond acceptors (Lipinski definition) is 2. The Morgan fingerprint density at radius 3 is 2.57 bits per heavy atom. The summed E-state index contributed by atoms with van der Waals surface area (Å²) in [6.45, 7) is 0. The summed E-state index contributed by atoms with van der Waals surface area (Å²) in [4.78, 5) is 25.6. The number of aliphatic imine (C=N–C) groups is 1. The molecule has 0 spiro atoms. The largest absolute Gasteiger partial charge is 0.361 e. The molecule has 21 heavy (non-hydrogen) atoms. The van der Waals surface area contributed by atoms with Crippen molar-refractivity contribution >= 4 is 24.7 Å². The Morgan fingerprint density at radius 1 is 1.24 bits per heavy atom. The van der Waals surface area contributed by atoms with Gasteiger partial charge in [0.1, 0.15) is 0 Å². The van der Waals surface area contributed by atoms with Crippen molar-refractivity contribution in [1.82, 2.24) is 0 Å². The van der Waals surface area contributed by atoms with Crippen LogP contribution in [-0.2, 0) is 4.57 Å². The molecule has 2 N–H and O–H groups in total. The first kappa shape index (κ1) is 15.5. The molecule has 0 heterocycles. The highest BCUT2D eigenvalue weighted by Gasteiger charge is 2.24. The average Bonchev–Trinajstić information content (AvgIpc) is 2.46.